The minimum absolute atomic E-state index is 0.206. The second-order valence-corrected chi connectivity index (χ2v) is 3.49. The molecule has 2 heterocycles. The van der Waals surface area contributed by atoms with Crippen molar-refractivity contribution in [1.82, 2.24) is 10.2 Å². The fraction of sp³-hybridized carbons (Fsp3) is 0.600. The summed E-state index contributed by atoms with van der Waals surface area (Å²) < 4.78 is 5.39. The maximum absolute atomic E-state index is 8.94. The van der Waals surface area contributed by atoms with E-state index in [0.29, 0.717) is 6.54 Å². The van der Waals surface area contributed by atoms with Gasteiger partial charge in [-0.2, -0.15) is 0 Å². The third-order valence-electron chi connectivity index (χ3n) is 2.61. The average molecular weight is 196 g/mol. The number of hydrogen-bond donors (Lipinski definition) is 2. The molecule has 1 atom stereocenters. The first kappa shape index (κ1) is 9.71. The largest absolute Gasteiger partial charge is 0.468 e. The van der Waals surface area contributed by atoms with Crippen LogP contribution in [0, 0.1) is 0 Å². The molecule has 0 amide bonds. The Morgan fingerprint density at radius 1 is 1.64 bits per heavy atom. The Hall–Kier alpha value is -0.840. The lowest BCUT2D eigenvalue weighted by Gasteiger charge is -2.34. The molecule has 1 aliphatic heterocycles. The number of hydrogen-bond acceptors (Lipinski definition) is 4. The van der Waals surface area contributed by atoms with Gasteiger partial charge in [0.1, 0.15) is 5.76 Å². The standard InChI is InChI=1S/C10H16N2O2/c13-6-5-12-4-3-11-8-9(12)10-2-1-7-14-10/h1-2,7,9,11,13H,3-6,8H2. The second kappa shape index (κ2) is 4.59. The van der Waals surface area contributed by atoms with E-state index in [1.54, 1.807) is 6.26 Å². The van der Waals surface area contributed by atoms with Crippen LogP contribution in [-0.4, -0.2) is 42.8 Å². The highest BCUT2D eigenvalue weighted by atomic mass is 16.3. The zero-order valence-corrected chi connectivity index (χ0v) is 8.15. The van der Waals surface area contributed by atoms with Crippen LogP contribution in [0.3, 0.4) is 0 Å². The molecular formula is C10H16N2O2. The van der Waals surface area contributed by atoms with Gasteiger partial charge in [-0.1, -0.05) is 0 Å². The normalized spacial score (nSPS) is 23.9. The molecule has 1 aromatic rings. The minimum Gasteiger partial charge on any atom is -0.468 e. The highest BCUT2D eigenvalue weighted by Crippen LogP contribution is 2.21. The van der Waals surface area contributed by atoms with Crippen LogP contribution in [-0.2, 0) is 0 Å². The fourth-order valence-corrected chi connectivity index (χ4v) is 1.90. The van der Waals surface area contributed by atoms with Crippen molar-refractivity contribution in [2.45, 2.75) is 6.04 Å². The van der Waals surface area contributed by atoms with Gasteiger partial charge in [-0.05, 0) is 12.1 Å². The molecule has 1 aliphatic rings. The van der Waals surface area contributed by atoms with Gasteiger partial charge in [0.05, 0.1) is 18.9 Å². The minimum atomic E-state index is 0.206. The SMILES string of the molecule is OCCN1CCNCC1c1ccco1. The van der Waals surface area contributed by atoms with Gasteiger partial charge in [0.25, 0.3) is 0 Å². The predicted octanol–water partition coefficient (Wildman–Crippen LogP) is 0.218. The van der Waals surface area contributed by atoms with Crippen LogP contribution in [0.15, 0.2) is 22.8 Å². The Kier molecular flexibility index (Phi) is 3.18. The van der Waals surface area contributed by atoms with Crippen LogP contribution in [0.2, 0.25) is 0 Å². The fourth-order valence-electron chi connectivity index (χ4n) is 1.90. The third kappa shape index (κ3) is 1.97. The van der Waals surface area contributed by atoms with Crippen LogP contribution in [0.4, 0.5) is 0 Å². The van der Waals surface area contributed by atoms with Crippen LogP contribution in [0.5, 0.6) is 0 Å². The van der Waals surface area contributed by atoms with Gasteiger partial charge in [0, 0.05) is 26.2 Å². The summed E-state index contributed by atoms with van der Waals surface area (Å²) in [7, 11) is 0. The number of nitrogens with zero attached hydrogens (tertiary/aromatic N) is 1. The Bertz CT molecular complexity index is 259. The van der Waals surface area contributed by atoms with Gasteiger partial charge in [-0.3, -0.25) is 4.90 Å². The second-order valence-electron chi connectivity index (χ2n) is 3.49. The molecule has 1 unspecified atom stereocenters. The van der Waals surface area contributed by atoms with Crippen molar-refractivity contribution >= 4 is 0 Å². The van der Waals surface area contributed by atoms with Crippen LogP contribution in [0.25, 0.3) is 0 Å². The first-order valence-electron chi connectivity index (χ1n) is 5.01. The van der Waals surface area contributed by atoms with E-state index in [2.05, 4.69) is 10.2 Å². The highest BCUT2D eigenvalue weighted by Gasteiger charge is 2.24. The number of β-amino-alcohol motifs (C(OH)–C–C–N with tert-alkyl or cyclic N) is 1. The molecule has 4 nitrogen and oxygen atoms in total. The van der Waals surface area contributed by atoms with Crippen molar-refractivity contribution in [3.05, 3.63) is 24.2 Å². The van der Waals surface area contributed by atoms with Crippen LogP contribution < -0.4 is 5.32 Å². The summed E-state index contributed by atoms with van der Waals surface area (Å²) in [4.78, 5) is 2.25. The van der Waals surface area contributed by atoms with Crippen molar-refractivity contribution in [2.75, 3.05) is 32.8 Å². The zero-order valence-electron chi connectivity index (χ0n) is 8.15. The zero-order chi connectivity index (χ0) is 9.80. The van der Waals surface area contributed by atoms with Gasteiger partial charge >= 0.3 is 0 Å². The van der Waals surface area contributed by atoms with E-state index in [9.17, 15) is 0 Å². The summed E-state index contributed by atoms with van der Waals surface area (Å²) in [6, 6.07) is 4.16. The van der Waals surface area contributed by atoms with E-state index < -0.39 is 0 Å². The highest BCUT2D eigenvalue weighted by molar-refractivity contribution is 5.06. The Morgan fingerprint density at radius 2 is 2.57 bits per heavy atom. The molecule has 78 valence electrons. The van der Waals surface area contributed by atoms with E-state index >= 15 is 0 Å². The Labute approximate surface area is 83.5 Å². The molecule has 1 fully saturated rings. The average Bonchev–Trinajstić information content (AvgIpc) is 2.72. The summed E-state index contributed by atoms with van der Waals surface area (Å²) in [5, 5.41) is 12.3. The van der Waals surface area contributed by atoms with Crippen molar-refractivity contribution in [2.24, 2.45) is 0 Å². The van der Waals surface area contributed by atoms with Gasteiger partial charge < -0.3 is 14.8 Å². The summed E-state index contributed by atoms with van der Waals surface area (Å²) in [5.41, 5.74) is 0. The van der Waals surface area contributed by atoms with Gasteiger partial charge in [0.2, 0.25) is 0 Å². The number of furan rings is 1. The maximum atomic E-state index is 8.94. The molecule has 1 aromatic heterocycles. The Balaban J connectivity index is 2.06. The number of aliphatic hydroxyl groups is 1. The van der Waals surface area contributed by atoms with Gasteiger partial charge in [0.15, 0.2) is 0 Å². The molecule has 0 bridgehead atoms. The lowest BCUT2D eigenvalue weighted by atomic mass is 10.1. The van der Waals surface area contributed by atoms with E-state index in [1.807, 2.05) is 12.1 Å². The molecule has 0 saturated carbocycles. The van der Waals surface area contributed by atoms with E-state index in [1.165, 1.54) is 0 Å². The number of piperazine rings is 1. The lowest BCUT2D eigenvalue weighted by Crippen LogP contribution is -2.46. The van der Waals surface area contributed by atoms with Crippen LogP contribution in [0.1, 0.15) is 11.8 Å². The molecule has 0 aliphatic carbocycles. The summed E-state index contributed by atoms with van der Waals surface area (Å²) in [5.74, 6) is 0.977. The lowest BCUT2D eigenvalue weighted by molar-refractivity contribution is 0.113. The predicted molar refractivity (Wildman–Crippen MR) is 53.0 cm³/mol. The molecule has 0 aromatic carbocycles. The quantitative estimate of drug-likeness (QED) is 0.726. The van der Waals surface area contributed by atoms with Crippen LogP contribution >= 0.6 is 0 Å². The van der Waals surface area contributed by atoms with Crippen molar-refractivity contribution < 1.29 is 9.52 Å². The van der Waals surface area contributed by atoms with Crippen molar-refractivity contribution in [3.8, 4) is 0 Å². The summed E-state index contributed by atoms with van der Waals surface area (Å²) in [6.45, 7) is 3.76. The number of rotatable bonds is 3. The van der Waals surface area contributed by atoms with Crippen molar-refractivity contribution in [3.63, 3.8) is 0 Å². The summed E-state index contributed by atoms with van der Waals surface area (Å²) >= 11 is 0. The summed E-state index contributed by atoms with van der Waals surface area (Å²) in [6.07, 6.45) is 1.70. The van der Waals surface area contributed by atoms with E-state index in [4.69, 9.17) is 9.52 Å². The molecule has 2 rings (SSSR count). The monoisotopic (exact) mass is 196 g/mol. The molecular weight excluding hydrogens is 180 g/mol. The molecule has 4 heteroatoms. The molecule has 1 saturated heterocycles. The first-order valence-corrected chi connectivity index (χ1v) is 5.01. The van der Waals surface area contributed by atoms with Gasteiger partial charge in [-0.15, -0.1) is 0 Å². The Morgan fingerprint density at radius 3 is 3.29 bits per heavy atom. The van der Waals surface area contributed by atoms with E-state index in [-0.39, 0.29) is 12.6 Å². The van der Waals surface area contributed by atoms with Gasteiger partial charge in [-0.25, -0.2) is 0 Å². The number of nitrogens with one attached hydrogen (secondary N) is 1. The third-order valence-corrected chi connectivity index (χ3v) is 2.61. The first-order chi connectivity index (χ1) is 6.92. The van der Waals surface area contributed by atoms with E-state index in [0.717, 1.165) is 25.4 Å². The topological polar surface area (TPSA) is 48.6 Å². The molecule has 14 heavy (non-hydrogen) atoms. The maximum Gasteiger partial charge on any atom is 0.122 e. The van der Waals surface area contributed by atoms with Crippen molar-refractivity contribution in [1.29, 1.82) is 0 Å². The number of aliphatic hydroxyl groups excluding tert-OH is 1. The molecule has 2 N–H and O–H groups in total. The molecule has 0 spiro atoms. The smallest absolute Gasteiger partial charge is 0.122 e. The molecule has 0 radical (unpaired) electrons.